The van der Waals surface area contributed by atoms with Gasteiger partial charge in [-0.3, -0.25) is 19.9 Å². The zero-order valence-electron chi connectivity index (χ0n) is 18.0. The number of carbonyl (C=O) groups excluding carboxylic acids is 1. The van der Waals surface area contributed by atoms with Gasteiger partial charge in [0.25, 0.3) is 11.6 Å². The third-order valence-corrected chi connectivity index (χ3v) is 5.15. The number of nitrogens with one attached hydrogen (secondary N) is 1. The lowest BCUT2D eigenvalue weighted by atomic mass is 10.1. The van der Waals surface area contributed by atoms with Gasteiger partial charge in [0.15, 0.2) is 0 Å². The number of nitro groups is 1. The maximum atomic E-state index is 12.4. The summed E-state index contributed by atoms with van der Waals surface area (Å²) in [5, 5.41) is 23.8. The second-order valence-electron chi connectivity index (χ2n) is 7.45. The minimum absolute atomic E-state index is 0.0193. The van der Waals surface area contributed by atoms with Gasteiger partial charge in [0.2, 0.25) is 11.8 Å². The van der Waals surface area contributed by atoms with Crippen LogP contribution in [0.2, 0.25) is 0 Å². The predicted molar refractivity (Wildman–Crippen MR) is 129 cm³/mol. The molecule has 0 unspecified atom stereocenters. The quantitative estimate of drug-likeness (QED) is 0.220. The van der Waals surface area contributed by atoms with E-state index >= 15 is 0 Å². The van der Waals surface area contributed by atoms with Crippen LogP contribution in [0.15, 0.2) is 94.6 Å². The molecule has 0 radical (unpaired) electrons. The SMILES string of the molecule is O=C(N/N=C/c1ccc([N+](=O)[O-])cc1)c1ccc(-c2nnc(-c3ccc4ncccc4c3)o2)cc1. The van der Waals surface area contributed by atoms with E-state index in [0.29, 0.717) is 28.5 Å². The number of amides is 1. The number of nitro benzene ring substituents is 1. The molecule has 3 aromatic carbocycles. The highest BCUT2D eigenvalue weighted by atomic mass is 16.6. The van der Waals surface area contributed by atoms with Crippen molar-refractivity contribution >= 4 is 28.7 Å². The monoisotopic (exact) mass is 464 g/mol. The Kier molecular flexibility index (Phi) is 5.75. The summed E-state index contributed by atoms with van der Waals surface area (Å²) in [4.78, 5) is 26.9. The van der Waals surface area contributed by atoms with Crippen LogP contribution in [0, 0.1) is 10.1 Å². The second kappa shape index (κ2) is 9.32. The number of carbonyl (C=O) groups is 1. The number of pyridine rings is 1. The second-order valence-corrected chi connectivity index (χ2v) is 7.45. The fourth-order valence-electron chi connectivity index (χ4n) is 3.34. The number of fused-ring (bicyclic) bond motifs is 1. The molecule has 10 nitrogen and oxygen atoms in total. The van der Waals surface area contributed by atoms with Crippen LogP contribution >= 0.6 is 0 Å². The van der Waals surface area contributed by atoms with Crippen molar-refractivity contribution in [3.63, 3.8) is 0 Å². The zero-order chi connectivity index (χ0) is 24.2. The molecule has 0 spiro atoms. The third-order valence-electron chi connectivity index (χ3n) is 5.15. The molecule has 0 aliphatic carbocycles. The smallest absolute Gasteiger partial charge is 0.271 e. The summed E-state index contributed by atoms with van der Waals surface area (Å²) in [6, 6.07) is 22.0. The van der Waals surface area contributed by atoms with Crippen LogP contribution < -0.4 is 5.43 Å². The van der Waals surface area contributed by atoms with Crippen molar-refractivity contribution in [3.05, 3.63) is 106 Å². The number of hydrogen-bond donors (Lipinski definition) is 1. The van der Waals surface area contributed by atoms with Crippen molar-refractivity contribution < 1.29 is 14.1 Å². The summed E-state index contributed by atoms with van der Waals surface area (Å²) in [6.07, 6.45) is 3.14. The van der Waals surface area contributed by atoms with Gasteiger partial charge in [0.05, 0.1) is 16.7 Å². The van der Waals surface area contributed by atoms with Crippen LogP contribution in [-0.2, 0) is 0 Å². The van der Waals surface area contributed by atoms with Gasteiger partial charge in [0, 0.05) is 40.4 Å². The fourth-order valence-corrected chi connectivity index (χ4v) is 3.34. The minimum Gasteiger partial charge on any atom is -0.416 e. The molecule has 1 N–H and O–H groups in total. The molecule has 0 aliphatic rings. The number of hydrazone groups is 1. The molecular formula is C25H16N6O4. The summed E-state index contributed by atoms with van der Waals surface area (Å²) in [5.41, 5.74) is 5.73. The van der Waals surface area contributed by atoms with Crippen molar-refractivity contribution in [1.29, 1.82) is 0 Å². The largest absolute Gasteiger partial charge is 0.416 e. The average molecular weight is 464 g/mol. The van der Waals surface area contributed by atoms with Gasteiger partial charge in [0.1, 0.15) is 0 Å². The highest BCUT2D eigenvalue weighted by molar-refractivity contribution is 5.95. The van der Waals surface area contributed by atoms with Crippen molar-refractivity contribution in [2.24, 2.45) is 5.10 Å². The Balaban J connectivity index is 1.25. The van der Waals surface area contributed by atoms with E-state index in [1.54, 1.807) is 30.5 Å². The third kappa shape index (κ3) is 4.76. The summed E-state index contributed by atoms with van der Waals surface area (Å²) in [6.45, 7) is 0. The number of benzene rings is 3. The first-order valence-electron chi connectivity index (χ1n) is 10.4. The zero-order valence-corrected chi connectivity index (χ0v) is 18.0. The van der Waals surface area contributed by atoms with Crippen LogP contribution in [0.1, 0.15) is 15.9 Å². The number of rotatable bonds is 6. The molecule has 0 fully saturated rings. The maximum Gasteiger partial charge on any atom is 0.271 e. The van der Waals surface area contributed by atoms with Gasteiger partial charge >= 0.3 is 0 Å². The Bertz CT molecular complexity index is 1560. The maximum absolute atomic E-state index is 12.4. The van der Waals surface area contributed by atoms with E-state index in [1.165, 1.54) is 30.5 Å². The number of nitrogens with zero attached hydrogens (tertiary/aromatic N) is 5. The normalized spacial score (nSPS) is 11.1. The van der Waals surface area contributed by atoms with Gasteiger partial charge in [-0.1, -0.05) is 6.07 Å². The molecule has 0 bridgehead atoms. The molecule has 0 atom stereocenters. The molecule has 2 heterocycles. The van der Waals surface area contributed by atoms with E-state index in [1.807, 2.05) is 30.3 Å². The average Bonchev–Trinajstić information content (AvgIpc) is 3.39. The van der Waals surface area contributed by atoms with Crippen LogP contribution in [0.3, 0.4) is 0 Å². The van der Waals surface area contributed by atoms with Gasteiger partial charge in [-0.05, 0) is 66.2 Å². The van der Waals surface area contributed by atoms with Gasteiger partial charge in [-0.2, -0.15) is 5.10 Å². The summed E-state index contributed by atoms with van der Waals surface area (Å²) in [7, 11) is 0. The summed E-state index contributed by atoms with van der Waals surface area (Å²) in [5.74, 6) is 0.299. The van der Waals surface area contributed by atoms with E-state index in [2.05, 4.69) is 25.7 Å². The summed E-state index contributed by atoms with van der Waals surface area (Å²) < 4.78 is 5.83. The Morgan fingerprint density at radius 2 is 1.66 bits per heavy atom. The van der Waals surface area contributed by atoms with Gasteiger partial charge in [-0.15, -0.1) is 10.2 Å². The van der Waals surface area contributed by atoms with Crippen molar-refractivity contribution in [2.75, 3.05) is 0 Å². The predicted octanol–water partition coefficient (Wildman–Crippen LogP) is 4.62. The van der Waals surface area contributed by atoms with E-state index < -0.39 is 10.8 Å². The Morgan fingerprint density at radius 3 is 2.40 bits per heavy atom. The Labute approximate surface area is 198 Å². The van der Waals surface area contributed by atoms with Crippen molar-refractivity contribution in [2.45, 2.75) is 0 Å². The van der Waals surface area contributed by atoms with Crippen LogP contribution in [0.4, 0.5) is 5.69 Å². The lowest BCUT2D eigenvalue weighted by Gasteiger charge is -2.01. The molecule has 0 saturated carbocycles. The fraction of sp³-hybridized carbons (Fsp3) is 0. The first-order valence-corrected chi connectivity index (χ1v) is 10.4. The highest BCUT2D eigenvalue weighted by Gasteiger charge is 2.12. The van der Waals surface area contributed by atoms with Crippen molar-refractivity contribution in [1.82, 2.24) is 20.6 Å². The molecule has 10 heteroatoms. The highest BCUT2D eigenvalue weighted by Crippen LogP contribution is 2.26. The van der Waals surface area contributed by atoms with Gasteiger partial charge in [-0.25, -0.2) is 5.43 Å². The molecule has 170 valence electrons. The lowest BCUT2D eigenvalue weighted by molar-refractivity contribution is -0.384. The van der Waals surface area contributed by atoms with Crippen LogP contribution in [0.5, 0.6) is 0 Å². The molecule has 35 heavy (non-hydrogen) atoms. The molecule has 2 aromatic heterocycles. The Hall–Kier alpha value is -5.25. The van der Waals surface area contributed by atoms with E-state index in [-0.39, 0.29) is 5.69 Å². The first kappa shape index (κ1) is 21.6. The van der Waals surface area contributed by atoms with Crippen LogP contribution in [0.25, 0.3) is 33.8 Å². The number of aromatic nitrogens is 3. The van der Waals surface area contributed by atoms with Crippen LogP contribution in [-0.4, -0.2) is 32.2 Å². The minimum atomic E-state index is -0.484. The topological polar surface area (TPSA) is 136 Å². The first-order chi connectivity index (χ1) is 17.1. The van der Waals surface area contributed by atoms with Crippen molar-refractivity contribution in [3.8, 4) is 22.9 Å². The molecular weight excluding hydrogens is 448 g/mol. The van der Waals surface area contributed by atoms with E-state index in [0.717, 1.165) is 16.5 Å². The molecule has 5 aromatic rings. The molecule has 5 rings (SSSR count). The lowest BCUT2D eigenvalue weighted by Crippen LogP contribution is -2.17. The number of hydrogen-bond acceptors (Lipinski definition) is 8. The number of non-ortho nitro benzene ring substituents is 1. The van der Waals surface area contributed by atoms with E-state index in [4.69, 9.17) is 4.42 Å². The Morgan fingerprint density at radius 1 is 0.943 bits per heavy atom. The standard InChI is InChI=1S/C25H16N6O4/c32-23(28-27-15-16-3-10-21(11-4-16)31(33)34)17-5-7-18(8-6-17)24-29-30-25(35-24)20-9-12-22-19(14-20)2-1-13-26-22/h1-15H,(H,28,32)/b27-15+. The molecule has 1 amide bonds. The van der Waals surface area contributed by atoms with E-state index in [9.17, 15) is 14.9 Å². The molecule has 0 saturated heterocycles. The summed E-state index contributed by atoms with van der Waals surface area (Å²) >= 11 is 0. The molecule has 0 aliphatic heterocycles. The van der Waals surface area contributed by atoms with Gasteiger partial charge < -0.3 is 4.42 Å².